The van der Waals surface area contributed by atoms with Gasteiger partial charge in [-0.25, -0.2) is 9.59 Å². The van der Waals surface area contributed by atoms with Crippen LogP contribution in [0.2, 0.25) is 0 Å². The number of nitro benzene ring substituents is 4. The fourth-order valence-electron chi connectivity index (χ4n) is 2.05. The number of non-ortho nitro benzene ring substituents is 4. The van der Waals surface area contributed by atoms with Crippen LogP contribution in [0.4, 0.5) is 22.7 Å². The van der Waals surface area contributed by atoms with Crippen LogP contribution in [0.3, 0.4) is 0 Å². The van der Waals surface area contributed by atoms with Crippen LogP contribution in [0.25, 0.3) is 0 Å². The molecule has 0 bridgehead atoms. The number of carbonyl (C=O) groups is 2. The molecule has 0 saturated heterocycles. The summed E-state index contributed by atoms with van der Waals surface area (Å²) < 4.78 is 4.39. The highest BCUT2D eigenvalue weighted by atomic mass is 16.6. The molecule has 0 unspecified atom stereocenters. The van der Waals surface area contributed by atoms with E-state index in [0.29, 0.717) is 36.4 Å². The summed E-state index contributed by atoms with van der Waals surface area (Å²) in [6, 6.07) is 3.58. The predicted molar refractivity (Wildman–Crippen MR) is 89.2 cm³/mol. The summed E-state index contributed by atoms with van der Waals surface area (Å²) >= 11 is 0. The van der Waals surface area contributed by atoms with Crippen molar-refractivity contribution in [2.75, 3.05) is 0 Å². The van der Waals surface area contributed by atoms with Crippen LogP contribution in [0.5, 0.6) is 0 Å². The average Bonchev–Trinajstić information content (AvgIpc) is 2.66. The second-order valence-corrected chi connectivity index (χ2v) is 5.18. The normalized spacial score (nSPS) is 10.1. The summed E-state index contributed by atoms with van der Waals surface area (Å²) in [5.41, 5.74) is -4.76. The molecule has 2 aromatic rings. The highest BCUT2D eigenvalue weighted by molar-refractivity contribution is 6.03. The Morgan fingerprint density at radius 2 is 0.793 bits per heavy atom. The summed E-state index contributed by atoms with van der Waals surface area (Å²) in [7, 11) is 0. The lowest BCUT2D eigenvalue weighted by molar-refractivity contribution is -0.394. The van der Waals surface area contributed by atoms with Crippen LogP contribution in [-0.4, -0.2) is 31.6 Å². The van der Waals surface area contributed by atoms with E-state index in [1.165, 1.54) is 0 Å². The molecule has 15 heteroatoms. The third-order valence-electron chi connectivity index (χ3n) is 3.31. The highest BCUT2D eigenvalue weighted by Crippen LogP contribution is 2.25. The Bertz CT molecular complexity index is 945. The lowest BCUT2D eigenvalue weighted by Crippen LogP contribution is -2.14. The fraction of sp³-hybridized carbons (Fsp3) is 0. The first kappa shape index (κ1) is 20.5. The monoisotopic (exact) mass is 406 g/mol. The van der Waals surface area contributed by atoms with Crippen molar-refractivity contribution < 1.29 is 34.0 Å². The second kappa shape index (κ2) is 7.82. The zero-order valence-electron chi connectivity index (χ0n) is 13.7. The molecule has 0 heterocycles. The molecule has 0 aliphatic rings. The molecule has 0 atom stereocenters. The van der Waals surface area contributed by atoms with Gasteiger partial charge in [-0.15, -0.1) is 0 Å². The zero-order chi connectivity index (χ0) is 21.9. The number of hydrogen-bond donors (Lipinski definition) is 0. The largest absolute Gasteiger partial charge is 0.386 e. The third kappa shape index (κ3) is 4.67. The molecule has 0 amide bonds. The van der Waals surface area contributed by atoms with Crippen LogP contribution in [-0.2, 0) is 4.74 Å². The van der Waals surface area contributed by atoms with Gasteiger partial charge in [0, 0.05) is 24.3 Å². The number of nitro groups is 4. The molecule has 0 aliphatic carbocycles. The van der Waals surface area contributed by atoms with Crippen molar-refractivity contribution in [1.82, 2.24) is 0 Å². The summed E-state index contributed by atoms with van der Waals surface area (Å²) in [4.78, 5) is 63.4. The van der Waals surface area contributed by atoms with Crippen LogP contribution in [0, 0.1) is 40.5 Å². The molecule has 0 aromatic heterocycles. The molecule has 0 fully saturated rings. The number of nitrogens with zero attached hydrogens (tertiary/aromatic N) is 4. The second-order valence-electron chi connectivity index (χ2n) is 5.18. The number of carbonyl (C=O) groups excluding carboxylic acids is 2. The minimum absolute atomic E-state index is 0.572. The van der Waals surface area contributed by atoms with Gasteiger partial charge in [-0.3, -0.25) is 40.5 Å². The Kier molecular flexibility index (Phi) is 5.53. The van der Waals surface area contributed by atoms with Crippen molar-refractivity contribution in [3.63, 3.8) is 0 Å². The minimum atomic E-state index is -1.55. The minimum Gasteiger partial charge on any atom is -0.386 e. The molecule has 2 aromatic carbocycles. The summed E-state index contributed by atoms with van der Waals surface area (Å²) in [5, 5.41) is 43.3. The standard InChI is InChI=1S/C14H6N4O11/c19-13(7-1-9(15(21)22)5-10(2-7)16(23)24)29-14(20)8-3-11(17(25)26)6-12(4-8)18(27)28/h1-6H. The molecule has 2 rings (SSSR count). The molecular weight excluding hydrogens is 400 g/mol. The maximum absolute atomic E-state index is 12.1. The van der Waals surface area contributed by atoms with Crippen LogP contribution in [0.1, 0.15) is 20.7 Å². The van der Waals surface area contributed by atoms with Gasteiger partial charge in [0.25, 0.3) is 22.7 Å². The molecule has 0 N–H and O–H groups in total. The van der Waals surface area contributed by atoms with Gasteiger partial charge in [0.2, 0.25) is 0 Å². The Labute approximate surface area is 157 Å². The Morgan fingerprint density at radius 3 is 1.00 bits per heavy atom. The van der Waals surface area contributed by atoms with Gasteiger partial charge in [0.05, 0.1) is 43.0 Å². The van der Waals surface area contributed by atoms with E-state index in [-0.39, 0.29) is 0 Å². The van der Waals surface area contributed by atoms with Crippen LogP contribution >= 0.6 is 0 Å². The van der Waals surface area contributed by atoms with Crippen LogP contribution in [0.15, 0.2) is 36.4 Å². The van der Waals surface area contributed by atoms with Gasteiger partial charge in [-0.2, -0.15) is 0 Å². The molecular formula is C14H6N4O11. The molecule has 148 valence electrons. The lowest BCUT2D eigenvalue weighted by atomic mass is 10.1. The van der Waals surface area contributed by atoms with E-state index >= 15 is 0 Å². The van der Waals surface area contributed by atoms with Crippen molar-refractivity contribution in [2.24, 2.45) is 0 Å². The van der Waals surface area contributed by atoms with E-state index in [0.717, 1.165) is 0 Å². The van der Waals surface area contributed by atoms with Gasteiger partial charge in [0.1, 0.15) is 0 Å². The molecule has 0 radical (unpaired) electrons. The van der Waals surface area contributed by atoms with Crippen molar-refractivity contribution in [1.29, 1.82) is 0 Å². The number of hydrogen-bond acceptors (Lipinski definition) is 11. The topological polar surface area (TPSA) is 216 Å². The van der Waals surface area contributed by atoms with E-state index < -0.39 is 65.5 Å². The Morgan fingerprint density at radius 1 is 0.552 bits per heavy atom. The molecule has 0 aliphatic heterocycles. The maximum Gasteiger partial charge on any atom is 0.346 e. The van der Waals surface area contributed by atoms with Crippen molar-refractivity contribution in [3.05, 3.63) is 88.0 Å². The van der Waals surface area contributed by atoms with Crippen LogP contribution < -0.4 is 0 Å². The van der Waals surface area contributed by atoms with E-state index in [2.05, 4.69) is 4.74 Å². The highest BCUT2D eigenvalue weighted by Gasteiger charge is 2.25. The van der Waals surface area contributed by atoms with Gasteiger partial charge >= 0.3 is 11.9 Å². The van der Waals surface area contributed by atoms with Gasteiger partial charge in [0.15, 0.2) is 0 Å². The van der Waals surface area contributed by atoms with Crippen molar-refractivity contribution in [2.45, 2.75) is 0 Å². The van der Waals surface area contributed by atoms with Gasteiger partial charge in [-0.05, 0) is 0 Å². The summed E-state index contributed by atoms with van der Waals surface area (Å²) in [5.74, 6) is -3.09. The van der Waals surface area contributed by atoms with E-state index in [1.807, 2.05) is 0 Å². The zero-order valence-corrected chi connectivity index (χ0v) is 13.7. The quantitative estimate of drug-likeness (QED) is 0.293. The first-order valence-corrected chi connectivity index (χ1v) is 7.14. The smallest absolute Gasteiger partial charge is 0.346 e. The average molecular weight is 406 g/mol. The van der Waals surface area contributed by atoms with Crippen molar-refractivity contribution in [3.8, 4) is 0 Å². The van der Waals surface area contributed by atoms with E-state index in [1.54, 1.807) is 0 Å². The number of rotatable bonds is 6. The van der Waals surface area contributed by atoms with Gasteiger partial charge in [-0.1, -0.05) is 0 Å². The first-order chi connectivity index (χ1) is 13.5. The predicted octanol–water partition coefficient (Wildman–Crippen LogP) is 2.32. The summed E-state index contributed by atoms with van der Waals surface area (Å²) in [6.07, 6.45) is 0. The first-order valence-electron chi connectivity index (χ1n) is 7.14. The SMILES string of the molecule is O=C(OC(=O)c1cc([N+](=O)[O-])cc([N+](=O)[O-])c1)c1cc([N+](=O)[O-])cc([N+](=O)[O-])c1. The number of benzene rings is 2. The van der Waals surface area contributed by atoms with Gasteiger partial charge < -0.3 is 4.74 Å². The fourth-order valence-corrected chi connectivity index (χ4v) is 2.05. The van der Waals surface area contributed by atoms with Crippen molar-refractivity contribution >= 4 is 34.7 Å². The number of esters is 2. The Hall–Kier alpha value is -4.82. The van der Waals surface area contributed by atoms with E-state index in [9.17, 15) is 50.0 Å². The summed E-state index contributed by atoms with van der Waals surface area (Å²) in [6.45, 7) is 0. The Balaban J connectivity index is 2.40. The lowest BCUT2D eigenvalue weighted by Gasteiger charge is -2.04. The maximum atomic E-state index is 12.1. The number of ether oxygens (including phenoxy) is 1. The molecule has 0 spiro atoms. The molecule has 0 saturated carbocycles. The molecule has 29 heavy (non-hydrogen) atoms. The third-order valence-corrected chi connectivity index (χ3v) is 3.31. The molecule has 15 nitrogen and oxygen atoms in total. The van der Waals surface area contributed by atoms with E-state index in [4.69, 9.17) is 0 Å².